The first-order chi connectivity index (χ1) is 11.6. The monoisotopic (exact) mass is 327 g/mol. The standard InChI is InChI=1S/C18H21N3O3/c1-12(18(23)24)17(22)21-10-6-5-9-15(21)16-19-11-14(20-16)13-7-3-2-4-8-13/h2-4,7-8,11-12,15H,5-6,9-10H2,1H3,(H,19,20)(H,23,24). The van der Waals surface area contributed by atoms with Crippen molar-refractivity contribution in [3.05, 3.63) is 42.4 Å². The number of imidazole rings is 1. The number of hydrogen-bond acceptors (Lipinski definition) is 3. The first kappa shape index (κ1) is 16.2. The van der Waals surface area contributed by atoms with Crippen molar-refractivity contribution < 1.29 is 14.7 Å². The summed E-state index contributed by atoms with van der Waals surface area (Å²) >= 11 is 0. The SMILES string of the molecule is CC(C(=O)O)C(=O)N1CCCCC1c1ncc(-c2ccccc2)[nH]1. The van der Waals surface area contributed by atoms with Gasteiger partial charge in [0, 0.05) is 6.54 Å². The molecule has 0 bridgehead atoms. The van der Waals surface area contributed by atoms with Crippen molar-refractivity contribution in [3.63, 3.8) is 0 Å². The number of nitrogens with zero attached hydrogens (tertiary/aromatic N) is 2. The summed E-state index contributed by atoms with van der Waals surface area (Å²) in [5, 5.41) is 9.12. The summed E-state index contributed by atoms with van der Waals surface area (Å²) in [4.78, 5) is 33.1. The minimum absolute atomic E-state index is 0.189. The van der Waals surface area contributed by atoms with Gasteiger partial charge in [-0.1, -0.05) is 30.3 Å². The van der Waals surface area contributed by atoms with E-state index in [1.807, 2.05) is 30.3 Å². The first-order valence-electron chi connectivity index (χ1n) is 8.21. The maximum Gasteiger partial charge on any atom is 0.315 e. The van der Waals surface area contributed by atoms with E-state index in [4.69, 9.17) is 5.11 Å². The molecule has 1 aliphatic heterocycles. The van der Waals surface area contributed by atoms with Gasteiger partial charge in [0.1, 0.15) is 11.7 Å². The van der Waals surface area contributed by atoms with E-state index in [9.17, 15) is 9.59 Å². The molecule has 0 spiro atoms. The van der Waals surface area contributed by atoms with E-state index in [0.29, 0.717) is 6.54 Å². The Morgan fingerprint density at radius 2 is 2.04 bits per heavy atom. The number of carbonyl (C=O) groups excluding carboxylic acids is 1. The van der Waals surface area contributed by atoms with E-state index >= 15 is 0 Å². The maximum atomic E-state index is 12.5. The first-order valence-corrected chi connectivity index (χ1v) is 8.21. The van der Waals surface area contributed by atoms with Crippen LogP contribution in [0.25, 0.3) is 11.3 Å². The van der Waals surface area contributed by atoms with Gasteiger partial charge in [-0.2, -0.15) is 0 Å². The zero-order valence-corrected chi connectivity index (χ0v) is 13.6. The van der Waals surface area contributed by atoms with Gasteiger partial charge in [0.15, 0.2) is 0 Å². The Labute approximate surface area is 140 Å². The molecule has 2 atom stereocenters. The molecular formula is C18H21N3O3. The number of rotatable bonds is 4. The fourth-order valence-corrected chi connectivity index (χ4v) is 3.10. The van der Waals surface area contributed by atoms with Crippen molar-refractivity contribution in [1.29, 1.82) is 0 Å². The quantitative estimate of drug-likeness (QED) is 0.846. The summed E-state index contributed by atoms with van der Waals surface area (Å²) in [6.07, 6.45) is 4.44. The van der Waals surface area contributed by atoms with Gasteiger partial charge in [-0.3, -0.25) is 9.59 Å². The van der Waals surface area contributed by atoms with E-state index in [0.717, 1.165) is 36.3 Å². The third kappa shape index (κ3) is 3.18. The van der Waals surface area contributed by atoms with Crippen molar-refractivity contribution >= 4 is 11.9 Å². The van der Waals surface area contributed by atoms with Gasteiger partial charge in [0.2, 0.25) is 5.91 Å². The van der Waals surface area contributed by atoms with E-state index < -0.39 is 11.9 Å². The van der Waals surface area contributed by atoms with Crippen LogP contribution in [-0.2, 0) is 9.59 Å². The van der Waals surface area contributed by atoms with Crippen LogP contribution < -0.4 is 0 Å². The Hall–Kier alpha value is -2.63. The Kier molecular flexibility index (Phi) is 4.64. The summed E-state index contributed by atoms with van der Waals surface area (Å²) in [6.45, 7) is 2.01. The van der Waals surface area contributed by atoms with Crippen LogP contribution in [0.3, 0.4) is 0 Å². The Morgan fingerprint density at radius 1 is 1.29 bits per heavy atom. The van der Waals surface area contributed by atoms with Crippen LogP contribution in [0.5, 0.6) is 0 Å². The lowest BCUT2D eigenvalue weighted by molar-refractivity contribution is -0.152. The highest BCUT2D eigenvalue weighted by molar-refractivity contribution is 5.96. The van der Waals surface area contributed by atoms with Crippen LogP contribution in [-0.4, -0.2) is 38.4 Å². The summed E-state index contributed by atoms with van der Waals surface area (Å²) in [6, 6.07) is 9.67. The van der Waals surface area contributed by atoms with Crippen molar-refractivity contribution in [2.24, 2.45) is 5.92 Å². The average molecular weight is 327 g/mol. The number of H-pyrrole nitrogens is 1. The van der Waals surface area contributed by atoms with E-state index in [1.54, 1.807) is 11.1 Å². The van der Waals surface area contributed by atoms with Gasteiger partial charge in [-0.15, -0.1) is 0 Å². The minimum atomic E-state index is -1.09. The number of nitrogens with one attached hydrogen (secondary N) is 1. The van der Waals surface area contributed by atoms with Crippen molar-refractivity contribution in [3.8, 4) is 11.3 Å². The number of likely N-dealkylation sites (tertiary alicyclic amines) is 1. The molecule has 1 fully saturated rings. The third-order valence-corrected chi connectivity index (χ3v) is 4.52. The molecule has 1 amide bonds. The molecule has 6 heteroatoms. The Bertz CT molecular complexity index is 726. The van der Waals surface area contributed by atoms with Crippen molar-refractivity contribution in [2.75, 3.05) is 6.54 Å². The highest BCUT2D eigenvalue weighted by Crippen LogP contribution is 2.31. The van der Waals surface area contributed by atoms with E-state index in [2.05, 4.69) is 9.97 Å². The predicted octanol–water partition coefficient (Wildman–Crippen LogP) is 2.85. The number of carbonyl (C=O) groups is 2. The van der Waals surface area contributed by atoms with Crippen LogP contribution in [0.1, 0.15) is 38.1 Å². The van der Waals surface area contributed by atoms with Crippen LogP contribution in [0, 0.1) is 5.92 Å². The molecule has 1 aromatic carbocycles. The smallest absolute Gasteiger partial charge is 0.315 e. The topological polar surface area (TPSA) is 86.3 Å². The van der Waals surface area contributed by atoms with Crippen LogP contribution >= 0.6 is 0 Å². The fourth-order valence-electron chi connectivity index (χ4n) is 3.10. The minimum Gasteiger partial charge on any atom is -0.481 e. The van der Waals surface area contributed by atoms with Gasteiger partial charge in [0.05, 0.1) is 17.9 Å². The van der Waals surface area contributed by atoms with E-state index in [1.165, 1.54) is 6.92 Å². The van der Waals surface area contributed by atoms with Gasteiger partial charge < -0.3 is 15.0 Å². The molecule has 2 N–H and O–H groups in total. The second-order valence-electron chi connectivity index (χ2n) is 6.15. The summed E-state index contributed by atoms with van der Waals surface area (Å²) in [7, 11) is 0. The molecule has 2 unspecified atom stereocenters. The number of aromatic nitrogens is 2. The van der Waals surface area contributed by atoms with Crippen LogP contribution in [0.15, 0.2) is 36.5 Å². The molecule has 6 nitrogen and oxygen atoms in total. The van der Waals surface area contributed by atoms with Crippen molar-refractivity contribution in [2.45, 2.75) is 32.2 Å². The molecular weight excluding hydrogens is 306 g/mol. The molecule has 1 aromatic heterocycles. The molecule has 1 saturated heterocycles. The number of aliphatic carboxylic acids is 1. The van der Waals surface area contributed by atoms with Crippen LogP contribution in [0.2, 0.25) is 0 Å². The molecule has 0 aliphatic carbocycles. The summed E-state index contributed by atoms with van der Waals surface area (Å²) in [5.74, 6) is -1.74. The Balaban J connectivity index is 1.85. The lowest BCUT2D eigenvalue weighted by atomic mass is 9.99. The maximum absolute atomic E-state index is 12.5. The second-order valence-corrected chi connectivity index (χ2v) is 6.15. The molecule has 2 aromatic rings. The summed E-state index contributed by atoms with van der Waals surface area (Å²) < 4.78 is 0. The van der Waals surface area contributed by atoms with Gasteiger partial charge in [-0.25, -0.2) is 4.98 Å². The number of aromatic amines is 1. The molecule has 0 saturated carbocycles. The zero-order valence-electron chi connectivity index (χ0n) is 13.6. The number of amides is 1. The third-order valence-electron chi connectivity index (χ3n) is 4.52. The predicted molar refractivity (Wildman–Crippen MR) is 89.1 cm³/mol. The fraction of sp³-hybridized carbons (Fsp3) is 0.389. The molecule has 126 valence electrons. The Morgan fingerprint density at radius 3 is 2.75 bits per heavy atom. The molecule has 0 radical (unpaired) electrons. The van der Waals surface area contributed by atoms with E-state index in [-0.39, 0.29) is 11.9 Å². The summed E-state index contributed by atoms with van der Waals surface area (Å²) in [5.41, 5.74) is 1.93. The molecule has 3 rings (SSSR count). The highest BCUT2D eigenvalue weighted by Gasteiger charge is 2.34. The molecule has 1 aliphatic rings. The van der Waals surface area contributed by atoms with Gasteiger partial charge >= 0.3 is 5.97 Å². The van der Waals surface area contributed by atoms with Gasteiger partial charge in [-0.05, 0) is 31.7 Å². The van der Waals surface area contributed by atoms with Crippen LogP contribution in [0.4, 0.5) is 0 Å². The number of benzene rings is 1. The largest absolute Gasteiger partial charge is 0.481 e. The lowest BCUT2D eigenvalue weighted by Gasteiger charge is -2.35. The molecule has 24 heavy (non-hydrogen) atoms. The van der Waals surface area contributed by atoms with Gasteiger partial charge in [0.25, 0.3) is 0 Å². The number of carboxylic acids is 1. The zero-order chi connectivity index (χ0) is 17.1. The van der Waals surface area contributed by atoms with Crippen molar-refractivity contribution in [1.82, 2.24) is 14.9 Å². The normalized spacial score (nSPS) is 19.0. The average Bonchev–Trinajstić information content (AvgIpc) is 3.11. The molecule has 2 heterocycles. The number of hydrogen-bond donors (Lipinski definition) is 2. The highest BCUT2D eigenvalue weighted by atomic mass is 16.4. The number of piperidine rings is 1. The second kappa shape index (κ2) is 6.86. The lowest BCUT2D eigenvalue weighted by Crippen LogP contribution is -2.43. The number of carboxylic acid groups (broad SMARTS) is 1.